The Balaban J connectivity index is 1.34. The predicted octanol–water partition coefficient (Wildman–Crippen LogP) is 4.46. The largest absolute Gasteiger partial charge is 0.383 e. The summed E-state index contributed by atoms with van der Waals surface area (Å²) in [7, 11) is 0. The van der Waals surface area contributed by atoms with E-state index >= 15 is 0 Å². The van der Waals surface area contributed by atoms with Crippen molar-refractivity contribution < 1.29 is 0 Å². The molecule has 0 atom stereocenters. The van der Waals surface area contributed by atoms with Crippen molar-refractivity contribution in [2.45, 2.75) is 43.9 Å². The zero-order chi connectivity index (χ0) is 20.7. The number of fused-ring (bicyclic) bond motifs is 2. The monoisotopic (exact) mass is 429 g/mol. The fourth-order valence-corrected chi connectivity index (χ4v) is 8.03. The average molecular weight is 430 g/mol. The van der Waals surface area contributed by atoms with E-state index in [1.807, 2.05) is 24.3 Å². The first-order valence-electron chi connectivity index (χ1n) is 11.1. The van der Waals surface area contributed by atoms with Crippen LogP contribution in [0.1, 0.15) is 54.7 Å². The van der Waals surface area contributed by atoms with E-state index in [1.54, 1.807) is 28.1 Å². The normalized spacial score (nSPS) is 31.7. The number of aliphatic imine (C=N–C) groups is 1. The lowest BCUT2D eigenvalue weighted by Crippen LogP contribution is -2.48. The van der Waals surface area contributed by atoms with Gasteiger partial charge in [-0.15, -0.1) is 0 Å². The van der Waals surface area contributed by atoms with Gasteiger partial charge in [0.1, 0.15) is 10.8 Å². The number of hydrogen-bond acceptors (Lipinski definition) is 6. The van der Waals surface area contributed by atoms with E-state index in [2.05, 4.69) is 9.98 Å². The molecule has 31 heavy (non-hydrogen) atoms. The summed E-state index contributed by atoms with van der Waals surface area (Å²) >= 11 is 1.57. The second-order valence-corrected chi connectivity index (χ2v) is 10.8. The first-order chi connectivity index (χ1) is 15.1. The highest BCUT2D eigenvalue weighted by molar-refractivity contribution is 7.16. The second-order valence-electron chi connectivity index (χ2n) is 9.89. The van der Waals surface area contributed by atoms with E-state index in [4.69, 9.17) is 10.8 Å². The molecular formula is C24H23N5OS. The number of nitrogens with two attached hydrogens (primary N) is 1. The van der Waals surface area contributed by atoms with Gasteiger partial charge in [-0.1, -0.05) is 29.5 Å². The van der Waals surface area contributed by atoms with E-state index in [9.17, 15) is 4.79 Å². The standard InChI is InChI=1S/C24H23N5OS/c25-20-18(8-16-12-26-19-4-2-1-3-17(16)19)21(30)27-23-29(20)28-22(31-23)24-9-13-5-14(10-24)7-15(6-13)11-24/h1-4,8,12-15H,5-7,9-11,25H2. The van der Waals surface area contributed by atoms with Gasteiger partial charge in [0.25, 0.3) is 5.56 Å². The van der Waals surface area contributed by atoms with E-state index in [0.717, 1.165) is 39.6 Å². The zero-order valence-corrected chi connectivity index (χ0v) is 17.9. The van der Waals surface area contributed by atoms with Crippen LogP contribution in [0.3, 0.4) is 0 Å². The lowest BCUT2D eigenvalue weighted by molar-refractivity contribution is -0.00564. The Labute approximate surface area is 183 Å². The number of aromatic nitrogens is 3. The highest BCUT2D eigenvalue weighted by Gasteiger charge is 2.53. The molecule has 7 heteroatoms. The van der Waals surface area contributed by atoms with Crippen molar-refractivity contribution in [3.63, 3.8) is 0 Å². The minimum Gasteiger partial charge on any atom is -0.383 e. The molecule has 2 aromatic heterocycles. The molecule has 8 rings (SSSR count). The molecule has 0 saturated heterocycles. The van der Waals surface area contributed by atoms with Crippen LogP contribution in [0.15, 0.2) is 34.1 Å². The summed E-state index contributed by atoms with van der Waals surface area (Å²) in [6.07, 6.45) is 11.4. The van der Waals surface area contributed by atoms with Gasteiger partial charge in [-0.05, 0) is 68.4 Å². The Morgan fingerprint density at radius 3 is 2.55 bits per heavy atom. The van der Waals surface area contributed by atoms with Crippen molar-refractivity contribution in [3.05, 3.63) is 50.8 Å². The number of anilines is 1. The van der Waals surface area contributed by atoms with Gasteiger partial charge in [0, 0.05) is 22.8 Å². The number of hydrogen-bond donors (Lipinski definition) is 1. The molecule has 3 heterocycles. The highest BCUT2D eigenvalue weighted by atomic mass is 32.1. The van der Waals surface area contributed by atoms with E-state index < -0.39 is 0 Å². The molecule has 6 nitrogen and oxygen atoms in total. The number of para-hydroxylation sites is 1. The van der Waals surface area contributed by atoms with Gasteiger partial charge < -0.3 is 5.73 Å². The zero-order valence-electron chi connectivity index (χ0n) is 17.1. The summed E-state index contributed by atoms with van der Waals surface area (Å²) in [5, 5.41) is 6.10. The maximum atomic E-state index is 12.9. The Morgan fingerprint density at radius 2 is 1.81 bits per heavy atom. The quantitative estimate of drug-likeness (QED) is 0.652. The molecule has 0 amide bonds. The minimum absolute atomic E-state index is 0.165. The van der Waals surface area contributed by atoms with Crippen LogP contribution >= 0.6 is 11.3 Å². The molecule has 5 aliphatic rings. The summed E-state index contributed by atoms with van der Waals surface area (Å²) in [4.78, 5) is 22.3. The van der Waals surface area contributed by atoms with Gasteiger partial charge in [-0.3, -0.25) is 9.79 Å². The fourth-order valence-electron chi connectivity index (χ4n) is 6.91. The molecule has 0 spiro atoms. The lowest BCUT2D eigenvalue weighted by atomic mass is 9.50. The van der Waals surface area contributed by atoms with Gasteiger partial charge in [-0.2, -0.15) is 14.6 Å². The summed E-state index contributed by atoms with van der Waals surface area (Å²) in [6.45, 7) is 0. The fraction of sp³-hybridized carbons (Fsp3) is 0.417. The van der Waals surface area contributed by atoms with Gasteiger partial charge in [0.05, 0.1) is 11.3 Å². The molecule has 2 N–H and O–H groups in total. The molecule has 0 unspecified atom stereocenters. The molecule has 4 aliphatic carbocycles. The molecule has 4 saturated carbocycles. The summed E-state index contributed by atoms with van der Waals surface area (Å²) in [6, 6.07) is 7.89. The van der Waals surface area contributed by atoms with Crippen molar-refractivity contribution in [2.75, 3.05) is 5.73 Å². The van der Waals surface area contributed by atoms with Gasteiger partial charge in [0.2, 0.25) is 4.96 Å². The molecule has 4 bridgehead atoms. The third-order valence-corrected chi connectivity index (χ3v) is 9.00. The number of nitrogen functional groups attached to an aromatic ring is 1. The van der Waals surface area contributed by atoms with Crippen LogP contribution in [0.5, 0.6) is 0 Å². The molecule has 0 radical (unpaired) electrons. The summed E-state index contributed by atoms with van der Waals surface area (Å²) < 4.78 is 1.70. The molecule has 3 aromatic rings. The van der Waals surface area contributed by atoms with Crippen LogP contribution in [-0.4, -0.2) is 20.8 Å². The Kier molecular flexibility index (Phi) is 3.53. The SMILES string of the molecule is Nc1c(C=C2C=Nc3ccccc32)c(=O)nc2sc(C34CC5CC(CC(C5)C3)C4)nn12. The maximum absolute atomic E-state index is 12.9. The first-order valence-corrected chi connectivity index (χ1v) is 11.9. The van der Waals surface area contributed by atoms with Crippen LogP contribution in [-0.2, 0) is 5.41 Å². The highest BCUT2D eigenvalue weighted by Crippen LogP contribution is 2.61. The molecule has 1 aliphatic heterocycles. The number of benzene rings is 1. The first kappa shape index (κ1) is 17.8. The number of rotatable bonds is 2. The topological polar surface area (TPSA) is 85.6 Å². The molecule has 4 fully saturated rings. The Bertz CT molecular complexity index is 1330. The van der Waals surface area contributed by atoms with Crippen molar-refractivity contribution in [2.24, 2.45) is 22.7 Å². The van der Waals surface area contributed by atoms with Crippen molar-refractivity contribution in [1.29, 1.82) is 0 Å². The van der Waals surface area contributed by atoms with E-state index in [-0.39, 0.29) is 11.0 Å². The van der Waals surface area contributed by atoms with Crippen LogP contribution < -0.4 is 11.3 Å². The van der Waals surface area contributed by atoms with Gasteiger partial charge in [0.15, 0.2) is 0 Å². The third kappa shape index (κ3) is 2.56. The Hall–Kier alpha value is -2.80. The van der Waals surface area contributed by atoms with Crippen molar-refractivity contribution in [1.82, 2.24) is 14.6 Å². The van der Waals surface area contributed by atoms with Crippen molar-refractivity contribution >= 4 is 45.7 Å². The van der Waals surface area contributed by atoms with Crippen LogP contribution in [0.25, 0.3) is 16.6 Å². The number of allylic oxidation sites excluding steroid dienone is 1. The molecular weight excluding hydrogens is 406 g/mol. The van der Waals surface area contributed by atoms with Crippen molar-refractivity contribution in [3.8, 4) is 0 Å². The van der Waals surface area contributed by atoms with E-state index in [1.165, 1.54) is 38.5 Å². The van der Waals surface area contributed by atoms with Gasteiger partial charge >= 0.3 is 0 Å². The maximum Gasteiger partial charge on any atom is 0.283 e. The van der Waals surface area contributed by atoms with Crippen LogP contribution in [0.4, 0.5) is 11.5 Å². The third-order valence-electron chi connectivity index (χ3n) is 7.84. The summed E-state index contributed by atoms with van der Waals surface area (Å²) in [5.74, 6) is 2.88. The minimum atomic E-state index is -0.302. The number of nitrogens with zero attached hydrogens (tertiary/aromatic N) is 4. The smallest absolute Gasteiger partial charge is 0.283 e. The summed E-state index contributed by atoms with van der Waals surface area (Å²) in [5.41, 5.74) is 9.52. The van der Waals surface area contributed by atoms with Crippen LogP contribution in [0, 0.1) is 17.8 Å². The predicted molar refractivity (Wildman–Crippen MR) is 124 cm³/mol. The second kappa shape index (κ2) is 6.13. The average Bonchev–Trinajstić information content (AvgIpc) is 3.35. The molecule has 1 aromatic carbocycles. The Morgan fingerprint density at radius 1 is 1.10 bits per heavy atom. The lowest BCUT2D eigenvalue weighted by Gasteiger charge is -2.55. The van der Waals surface area contributed by atoms with Crippen LogP contribution in [0.2, 0.25) is 0 Å². The van der Waals surface area contributed by atoms with Gasteiger partial charge in [-0.25, -0.2) is 0 Å². The van der Waals surface area contributed by atoms with E-state index in [0.29, 0.717) is 16.3 Å². The molecule has 156 valence electrons.